The second-order valence-corrected chi connectivity index (χ2v) is 4.78. The fourth-order valence-electron chi connectivity index (χ4n) is 2.36. The molecule has 0 aliphatic heterocycles. The Hall–Kier alpha value is -2.55. The van der Waals surface area contributed by atoms with E-state index in [1.165, 1.54) is 6.92 Å². The van der Waals surface area contributed by atoms with E-state index < -0.39 is 0 Å². The molecule has 3 aromatic rings. The molecule has 0 saturated carbocycles. The average Bonchev–Trinajstić information content (AvgIpc) is 2.46. The van der Waals surface area contributed by atoms with Crippen LogP contribution in [0.3, 0.4) is 0 Å². The minimum absolute atomic E-state index is 0.00744. The number of hydrogen-bond acceptors (Lipinski definition) is 3. The molecule has 3 heteroatoms. The van der Waals surface area contributed by atoms with E-state index in [2.05, 4.69) is 28.2 Å². The first-order valence-corrected chi connectivity index (χ1v) is 6.49. The molecule has 1 heterocycles. The van der Waals surface area contributed by atoms with Crippen LogP contribution in [0.4, 0.5) is 0 Å². The van der Waals surface area contributed by atoms with Crippen LogP contribution in [-0.4, -0.2) is 15.8 Å². The van der Waals surface area contributed by atoms with Crippen LogP contribution in [0.1, 0.15) is 23.0 Å². The van der Waals surface area contributed by atoms with Crippen molar-refractivity contribution in [3.05, 3.63) is 59.9 Å². The van der Waals surface area contributed by atoms with Gasteiger partial charge in [-0.05, 0) is 24.6 Å². The lowest BCUT2D eigenvalue weighted by atomic mass is 10.0. The van der Waals surface area contributed by atoms with Gasteiger partial charge in [0, 0.05) is 11.8 Å². The van der Waals surface area contributed by atoms with E-state index >= 15 is 0 Å². The van der Waals surface area contributed by atoms with Crippen LogP contribution in [0.25, 0.3) is 22.2 Å². The highest BCUT2D eigenvalue weighted by Crippen LogP contribution is 2.26. The van der Waals surface area contributed by atoms with Crippen molar-refractivity contribution in [2.24, 2.45) is 0 Å². The van der Waals surface area contributed by atoms with Crippen LogP contribution in [-0.2, 0) is 0 Å². The largest absolute Gasteiger partial charge is 0.294 e. The number of aryl methyl sites for hydroxylation is 1. The monoisotopic (exact) mass is 262 g/mol. The summed E-state index contributed by atoms with van der Waals surface area (Å²) in [5.41, 5.74) is 2.28. The van der Waals surface area contributed by atoms with Gasteiger partial charge in [0.1, 0.15) is 0 Å². The van der Waals surface area contributed by atoms with Gasteiger partial charge in [0.25, 0.3) is 0 Å². The lowest BCUT2D eigenvalue weighted by molar-refractivity contribution is 0.101. The maximum absolute atomic E-state index is 11.4. The summed E-state index contributed by atoms with van der Waals surface area (Å²) in [4.78, 5) is 20.3. The van der Waals surface area contributed by atoms with E-state index in [1.54, 1.807) is 6.20 Å². The number of fused-ring (bicyclic) bond motifs is 1. The number of aromatic nitrogens is 2. The second kappa shape index (κ2) is 4.85. The van der Waals surface area contributed by atoms with E-state index in [-0.39, 0.29) is 5.78 Å². The van der Waals surface area contributed by atoms with Crippen molar-refractivity contribution in [2.75, 3.05) is 0 Å². The summed E-state index contributed by atoms with van der Waals surface area (Å²) in [5.74, 6) is 0.649. The minimum Gasteiger partial charge on any atom is -0.294 e. The Bertz CT molecular complexity index is 804. The lowest BCUT2D eigenvalue weighted by Gasteiger charge is -2.07. The first-order valence-electron chi connectivity index (χ1n) is 6.49. The van der Waals surface area contributed by atoms with Crippen molar-refractivity contribution < 1.29 is 4.79 Å². The van der Waals surface area contributed by atoms with Gasteiger partial charge < -0.3 is 0 Å². The van der Waals surface area contributed by atoms with E-state index in [0.29, 0.717) is 11.4 Å². The molecule has 0 atom stereocenters. The molecule has 2 aromatic carbocycles. The van der Waals surface area contributed by atoms with Crippen LogP contribution >= 0.6 is 0 Å². The molecule has 0 bridgehead atoms. The molecule has 0 unspecified atom stereocenters. The Kier molecular flexibility index (Phi) is 3.03. The van der Waals surface area contributed by atoms with Gasteiger partial charge in [-0.15, -0.1) is 0 Å². The van der Waals surface area contributed by atoms with E-state index in [4.69, 9.17) is 0 Å². The summed E-state index contributed by atoms with van der Waals surface area (Å²) in [6.07, 6.45) is 1.61. The van der Waals surface area contributed by atoms with Gasteiger partial charge in [-0.1, -0.05) is 42.5 Å². The fourth-order valence-corrected chi connectivity index (χ4v) is 2.36. The summed E-state index contributed by atoms with van der Waals surface area (Å²) < 4.78 is 0. The van der Waals surface area contributed by atoms with Crippen molar-refractivity contribution in [1.82, 2.24) is 9.97 Å². The zero-order valence-corrected chi connectivity index (χ0v) is 11.4. The Morgan fingerprint density at radius 1 is 1.05 bits per heavy atom. The molecule has 0 saturated heterocycles. The van der Waals surface area contributed by atoms with Crippen molar-refractivity contribution in [2.45, 2.75) is 13.8 Å². The first-order chi connectivity index (χ1) is 9.66. The van der Waals surface area contributed by atoms with Crippen molar-refractivity contribution in [1.29, 1.82) is 0 Å². The third-order valence-corrected chi connectivity index (χ3v) is 3.39. The van der Waals surface area contributed by atoms with E-state index in [9.17, 15) is 4.79 Å². The van der Waals surface area contributed by atoms with Crippen LogP contribution in [0.5, 0.6) is 0 Å². The van der Waals surface area contributed by atoms with Crippen LogP contribution in [0.15, 0.2) is 48.7 Å². The SMILES string of the molecule is CC(=O)c1cnc(-c2cccc3ccccc23)nc1C. The Balaban J connectivity index is 2.21. The number of Topliss-reactive ketones (excluding diaryl/α,β-unsaturated/α-hetero) is 1. The number of benzene rings is 2. The van der Waals surface area contributed by atoms with Gasteiger partial charge in [0.15, 0.2) is 11.6 Å². The van der Waals surface area contributed by atoms with Gasteiger partial charge in [0.05, 0.1) is 11.3 Å². The molecule has 0 radical (unpaired) electrons. The second-order valence-electron chi connectivity index (χ2n) is 4.78. The molecule has 1 aromatic heterocycles. The zero-order chi connectivity index (χ0) is 14.1. The smallest absolute Gasteiger partial charge is 0.163 e. The highest BCUT2D eigenvalue weighted by Gasteiger charge is 2.10. The van der Waals surface area contributed by atoms with Gasteiger partial charge in [-0.3, -0.25) is 4.79 Å². The molecule has 20 heavy (non-hydrogen) atoms. The molecule has 0 amide bonds. The third-order valence-electron chi connectivity index (χ3n) is 3.39. The van der Waals surface area contributed by atoms with Crippen LogP contribution in [0, 0.1) is 6.92 Å². The van der Waals surface area contributed by atoms with E-state index in [1.807, 2.05) is 31.2 Å². The van der Waals surface area contributed by atoms with E-state index in [0.717, 1.165) is 22.0 Å². The topological polar surface area (TPSA) is 42.9 Å². The summed E-state index contributed by atoms with van der Waals surface area (Å²) in [6.45, 7) is 3.37. The van der Waals surface area contributed by atoms with Gasteiger partial charge in [0.2, 0.25) is 0 Å². The standard InChI is InChI=1S/C17H14N2O/c1-11-16(12(2)20)10-18-17(19-11)15-9-5-7-13-6-3-4-8-14(13)15/h3-10H,1-2H3. The zero-order valence-electron chi connectivity index (χ0n) is 11.4. The molecule has 3 nitrogen and oxygen atoms in total. The minimum atomic E-state index is -0.00744. The molecule has 0 aliphatic carbocycles. The number of nitrogens with zero attached hydrogens (tertiary/aromatic N) is 2. The molecule has 0 fully saturated rings. The molecule has 98 valence electrons. The number of rotatable bonds is 2. The van der Waals surface area contributed by atoms with Crippen molar-refractivity contribution in [3.63, 3.8) is 0 Å². The average molecular weight is 262 g/mol. The quantitative estimate of drug-likeness (QED) is 0.659. The molecule has 0 N–H and O–H groups in total. The number of hydrogen-bond donors (Lipinski definition) is 0. The maximum atomic E-state index is 11.4. The Morgan fingerprint density at radius 3 is 2.55 bits per heavy atom. The summed E-state index contributed by atoms with van der Waals surface area (Å²) >= 11 is 0. The predicted molar refractivity (Wildman–Crippen MR) is 79.7 cm³/mol. The van der Waals surface area contributed by atoms with Crippen LogP contribution < -0.4 is 0 Å². The highest BCUT2D eigenvalue weighted by atomic mass is 16.1. The summed E-state index contributed by atoms with van der Waals surface area (Å²) in [7, 11) is 0. The molecule has 0 spiro atoms. The molecule has 3 rings (SSSR count). The Morgan fingerprint density at radius 2 is 1.80 bits per heavy atom. The van der Waals surface area contributed by atoms with Crippen molar-refractivity contribution in [3.8, 4) is 11.4 Å². The first kappa shape index (κ1) is 12.5. The van der Waals surface area contributed by atoms with Crippen molar-refractivity contribution >= 4 is 16.6 Å². The number of carbonyl (C=O) groups is 1. The van der Waals surface area contributed by atoms with Gasteiger partial charge >= 0.3 is 0 Å². The third kappa shape index (κ3) is 2.07. The maximum Gasteiger partial charge on any atom is 0.163 e. The molecular formula is C17H14N2O. The summed E-state index contributed by atoms with van der Waals surface area (Å²) in [6, 6.07) is 14.2. The predicted octanol–water partition coefficient (Wildman–Crippen LogP) is 3.81. The normalized spacial score (nSPS) is 10.7. The molecular weight excluding hydrogens is 248 g/mol. The number of carbonyl (C=O) groups excluding carboxylic acids is 1. The van der Waals surface area contributed by atoms with Gasteiger partial charge in [-0.25, -0.2) is 9.97 Å². The van der Waals surface area contributed by atoms with Gasteiger partial charge in [-0.2, -0.15) is 0 Å². The fraction of sp³-hybridized carbons (Fsp3) is 0.118. The molecule has 0 aliphatic rings. The lowest BCUT2D eigenvalue weighted by Crippen LogP contribution is -2.02. The summed E-state index contributed by atoms with van der Waals surface area (Å²) in [5, 5.41) is 2.27. The highest BCUT2D eigenvalue weighted by molar-refractivity contribution is 5.96. The van der Waals surface area contributed by atoms with Crippen LogP contribution in [0.2, 0.25) is 0 Å². The number of ketones is 1. The Labute approximate surface area is 117 Å².